The number of hydrogen-bond donors (Lipinski definition) is 1. The van der Waals surface area contributed by atoms with Gasteiger partial charge in [-0.05, 0) is 42.7 Å². The van der Waals surface area contributed by atoms with Gasteiger partial charge in [0.05, 0.1) is 22.9 Å². The highest BCUT2D eigenvalue weighted by Gasteiger charge is 2.15. The van der Waals surface area contributed by atoms with Crippen molar-refractivity contribution in [3.63, 3.8) is 0 Å². The van der Waals surface area contributed by atoms with Crippen LogP contribution in [0.5, 0.6) is 5.75 Å². The number of hydrogen-bond acceptors (Lipinski definition) is 5. The zero-order valence-electron chi connectivity index (χ0n) is 12.4. The van der Waals surface area contributed by atoms with Crippen LogP contribution >= 0.6 is 23.1 Å². The normalized spacial score (nSPS) is 10.7. The maximum atomic E-state index is 13.2. The average molecular weight is 348 g/mol. The average Bonchev–Trinajstić information content (AvgIpc) is 2.95. The smallest absolute Gasteiger partial charge is 0.261 e. The summed E-state index contributed by atoms with van der Waals surface area (Å²) in [6.07, 6.45) is 1.95. The summed E-state index contributed by atoms with van der Waals surface area (Å²) in [5.74, 6) is -0.135. The summed E-state index contributed by atoms with van der Waals surface area (Å²) in [6.45, 7) is 0. The van der Waals surface area contributed by atoms with Crippen LogP contribution in [0.2, 0.25) is 0 Å². The van der Waals surface area contributed by atoms with Crippen molar-refractivity contribution in [3.05, 3.63) is 47.8 Å². The van der Waals surface area contributed by atoms with Gasteiger partial charge in [0, 0.05) is 4.90 Å². The molecule has 0 aliphatic carbocycles. The van der Waals surface area contributed by atoms with Gasteiger partial charge in [0.25, 0.3) is 5.91 Å². The Morgan fingerprint density at radius 1 is 1.30 bits per heavy atom. The molecular formula is C16H13FN2O2S2. The number of methoxy groups -OCH3 is 1. The fourth-order valence-electron chi connectivity index (χ4n) is 2.10. The monoisotopic (exact) mass is 348 g/mol. The Balaban J connectivity index is 1.88. The van der Waals surface area contributed by atoms with Crippen molar-refractivity contribution >= 4 is 44.4 Å². The molecule has 0 radical (unpaired) electrons. The minimum atomic E-state index is -0.326. The van der Waals surface area contributed by atoms with Gasteiger partial charge in [0.1, 0.15) is 11.6 Å². The van der Waals surface area contributed by atoms with Crippen LogP contribution in [-0.4, -0.2) is 24.3 Å². The van der Waals surface area contributed by atoms with Crippen molar-refractivity contribution in [3.8, 4) is 5.75 Å². The number of anilines is 1. The molecule has 0 spiro atoms. The molecule has 0 atom stereocenters. The predicted octanol–water partition coefficient (Wildman–Crippen LogP) is 4.42. The maximum Gasteiger partial charge on any atom is 0.261 e. The zero-order valence-corrected chi connectivity index (χ0v) is 14.1. The van der Waals surface area contributed by atoms with Crippen LogP contribution in [0.4, 0.5) is 9.52 Å². The second-order valence-electron chi connectivity index (χ2n) is 4.65. The van der Waals surface area contributed by atoms with E-state index in [-0.39, 0.29) is 11.7 Å². The van der Waals surface area contributed by atoms with Crippen molar-refractivity contribution in [2.45, 2.75) is 4.90 Å². The van der Waals surface area contributed by atoms with Gasteiger partial charge in [-0.2, -0.15) is 0 Å². The predicted molar refractivity (Wildman–Crippen MR) is 92.3 cm³/mol. The fourth-order valence-corrected chi connectivity index (χ4v) is 3.42. The lowest BCUT2D eigenvalue weighted by atomic mass is 10.2. The molecule has 118 valence electrons. The second kappa shape index (κ2) is 6.55. The number of thiazole rings is 1. The number of carbonyl (C=O) groups excluding carboxylic acids is 1. The lowest BCUT2D eigenvalue weighted by Crippen LogP contribution is -2.13. The van der Waals surface area contributed by atoms with Gasteiger partial charge in [0.2, 0.25) is 0 Å². The van der Waals surface area contributed by atoms with E-state index < -0.39 is 0 Å². The van der Waals surface area contributed by atoms with Crippen molar-refractivity contribution in [1.82, 2.24) is 4.98 Å². The highest BCUT2D eigenvalue weighted by molar-refractivity contribution is 7.98. The Morgan fingerprint density at radius 2 is 2.13 bits per heavy atom. The van der Waals surface area contributed by atoms with Gasteiger partial charge in [-0.3, -0.25) is 10.1 Å². The summed E-state index contributed by atoms with van der Waals surface area (Å²) >= 11 is 2.80. The Labute approximate surface area is 140 Å². The summed E-state index contributed by atoms with van der Waals surface area (Å²) in [4.78, 5) is 17.7. The third-order valence-electron chi connectivity index (χ3n) is 3.22. The molecule has 0 saturated carbocycles. The molecule has 2 aromatic carbocycles. The SMILES string of the molecule is COc1cc(SC)ccc1C(=O)Nc1nc2ccc(F)cc2s1. The van der Waals surface area contributed by atoms with Gasteiger partial charge in [-0.1, -0.05) is 11.3 Å². The first-order valence-electron chi connectivity index (χ1n) is 6.70. The van der Waals surface area contributed by atoms with E-state index in [4.69, 9.17) is 4.74 Å². The fraction of sp³-hybridized carbons (Fsp3) is 0.125. The van der Waals surface area contributed by atoms with Crippen molar-refractivity contribution < 1.29 is 13.9 Å². The zero-order chi connectivity index (χ0) is 16.4. The molecular weight excluding hydrogens is 335 g/mol. The number of thioether (sulfide) groups is 1. The van der Waals surface area contributed by atoms with Gasteiger partial charge in [0.15, 0.2) is 5.13 Å². The van der Waals surface area contributed by atoms with Crippen LogP contribution in [0.1, 0.15) is 10.4 Å². The van der Waals surface area contributed by atoms with E-state index in [1.54, 1.807) is 23.9 Å². The minimum absolute atomic E-state index is 0.311. The quantitative estimate of drug-likeness (QED) is 0.709. The molecule has 7 heteroatoms. The summed E-state index contributed by atoms with van der Waals surface area (Å²) in [7, 11) is 1.52. The first-order chi connectivity index (χ1) is 11.1. The number of amides is 1. The number of carbonyl (C=O) groups is 1. The Kier molecular flexibility index (Phi) is 4.49. The van der Waals surface area contributed by atoms with Crippen molar-refractivity contribution in [2.24, 2.45) is 0 Å². The minimum Gasteiger partial charge on any atom is -0.496 e. The third kappa shape index (κ3) is 3.30. The lowest BCUT2D eigenvalue weighted by molar-refractivity contribution is 0.102. The number of nitrogens with one attached hydrogen (secondary N) is 1. The Morgan fingerprint density at radius 3 is 2.87 bits per heavy atom. The van der Waals surface area contributed by atoms with Gasteiger partial charge in [-0.25, -0.2) is 9.37 Å². The van der Waals surface area contributed by atoms with E-state index in [0.717, 1.165) is 4.90 Å². The van der Waals surface area contributed by atoms with Crippen LogP contribution in [0, 0.1) is 5.82 Å². The van der Waals surface area contributed by atoms with E-state index in [1.807, 2.05) is 18.4 Å². The maximum absolute atomic E-state index is 13.2. The first kappa shape index (κ1) is 15.8. The molecule has 0 saturated heterocycles. The number of aromatic nitrogens is 1. The number of nitrogens with zero attached hydrogens (tertiary/aromatic N) is 1. The summed E-state index contributed by atoms with van der Waals surface area (Å²) in [5.41, 5.74) is 1.08. The molecule has 0 bridgehead atoms. The van der Waals surface area contributed by atoms with Crippen LogP contribution in [-0.2, 0) is 0 Å². The van der Waals surface area contributed by atoms with Crippen LogP contribution in [0.15, 0.2) is 41.3 Å². The van der Waals surface area contributed by atoms with Crippen molar-refractivity contribution in [2.75, 3.05) is 18.7 Å². The lowest BCUT2D eigenvalue weighted by Gasteiger charge is -2.09. The highest BCUT2D eigenvalue weighted by Crippen LogP contribution is 2.29. The van der Waals surface area contributed by atoms with E-state index in [1.165, 1.54) is 30.6 Å². The van der Waals surface area contributed by atoms with E-state index in [9.17, 15) is 9.18 Å². The van der Waals surface area contributed by atoms with Gasteiger partial charge < -0.3 is 4.74 Å². The topological polar surface area (TPSA) is 51.2 Å². The first-order valence-corrected chi connectivity index (χ1v) is 8.74. The molecule has 4 nitrogen and oxygen atoms in total. The van der Waals surface area contributed by atoms with Gasteiger partial charge in [-0.15, -0.1) is 11.8 Å². The molecule has 1 aromatic heterocycles. The third-order valence-corrected chi connectivity index (χ3v) is 4.88. The van der Waals surface area contributed by atoms with Crippen LogP contribution in [0.25, 0.3) is 10.2 Å². The molecule has 3 aromatic rings. The second-order valence-corrected chi connectivity index (χ2v) is 6.56. The molecule has 3 rings (SSSR count). The van der Waals surface area contributed by atoms with E-state index in [0.29, 0.717) is 26.7 Å². The molecule has 1 amide bonds. The molecule has 0 unspecified atom stereocenters. The number of rotatable bonds is 4. The largest absolute Gasteiger partial charge is 0.496 e. The standard InChI is InChI=1S/C16H13FN2O2S2/c1-21-13-8-10(22-2)4-5-11(13)15(20)19-16-18-12-6-3-9(17)7-14(12)23-16/h3-8H,1-2H3,(H,18,19,20). The molecule has 0 aliphatic heterocycles. The number of halogens is 1. The molecule has 0 aliphatic rings. The molecule has 1 heterocycles. The molecule has 1 N–H and O–H groups in total. The summed E-state index contributed by atoms with van der Waals surface area (Å²) in [6, 6.07) is 9.72. The number of benzene rings is 2. The number of ether oxygens (including phenoxy) is 1. The van der Waals surface area contributed by atoms with Crippen LogP contribution < -0.4 is 10.1 Å². The summed E-state index contributed by atoms with van der Waals surface area (Å²) < 4.78 is 19.2. The van der Waals surface area contributed by atoms with Crippen molar-refractivity contribution in [1.29, 1.82) is 0 Å². The number of fused-ring (bicyclic) bond motifs is 1. The van der Waals surface area contributed by atoms with Gasteiger partial charge >= 0.3 is 0 Å². The van der Waals surface area contributed by atoms with Crippen LogP contribution in [0.3, 0.4) is 0 Å². The summed E-state index contributed by atoms with van der Waals surface area (Å²) in [5, 5.41) is 3.16. The Bertz CT molecular complexity index is 880. The highest BCUT2D eigenvalue weighted by atomic mass is 32.2. The Hall–Kier alpha value is -2.12. The molecule has 0 fully saturated rings. The molecule has 23 heavy (non-hydrogen) atoms. The van der Waals surface area contributed by atoms with E-state index in [2.05, 4.69) is 10.3 Å². The van der Waals surface area contributed by atoms with E-state index >= 15 is 0 Å².